The molecule has 0 saturated heterocycles. The van der Waals surface area contributed by atoms with E-state index in [-0.39, 0.29) is 35.2 Å². The Morgan fingerprint density at radius 3 is 2.36 bits per heavy atom. The number of hydrogen-bond acceptors (Lipinski definition) is 8. The summed E-state index contributed by atoms with van der Waals surface area (Å²) in [5, 5.41) is 0. The molecule has 1 atom stereocenters. The number of aromatic nitrogens is 2. The first kappa shape index (κ1) is 24.7. The Labute approximate surface area is 192 Å². The van der Waals surface area contributed by atoms with E-state index >= 15 is 0 Å². The zero-order chi connectivity index (χ0) is 24.2. The second kappa shape index (κ2) is 9.93. The molecule has 1 unspecified atom stereocenters. The first-order chi connectivity index (χ1) is 15.5. The molecule has 0 aliphatic carbocycles. The fourth-order valence-corrected chi connectivity index (χ4v) is 6.65. The van der Waals surface area contributed by atoms with Crippen LogP contribution >= 0.6 is 7.60 Å². The second-order valence-electron chi connectivity index (χ2n) is 7.40. The minimum atomic E-state index is -4.26. The molecule has 0 saturated carbocycles. The van der Waals surface area contributed by atoms with Crippen LogP contribution < -0.4 is 5.73 Å². The number of Topliss-reactive ketones (excluding diaryl/α,β-unsaturated/α-hetero) is 1. The molecule has 3 aromatic rings. The highest BCUT2D eigenvalue weighted by molar-refractivity contribution is 7.97. The Balaban J connectivity index is 1.78. The Morgan fingerprint density at radius 1 is 1.12 bits per heavy atom. The number of rotatable bonds is 9. The molecule has 11 heteroatoms. The van der Waals surface area contributed by atoms with Gasteiger partial charge in [-0.1, -0.05) is 42.0 Å². The molecule has 174 valence electrons. The molecule has 0 spiro atoms. The summed E-state index contributed by atoms with van der Waals surface area (Å²) in [5.74, 6) is -0.370. The van der Waals surface area contributed by atoms with Crippen molar-refractivity contribution < 1.29 is 27.2 Å². The lowest BCUT2D eigenvalue weighted by Crippen LogP contribution is -2.12. The zero-order valence-corrected chi connectivity index (χ0v) is 19.8. The van der Waals surface area contributed by atoms with Crippen molar-refractivity contribution in [2.24, 2.45) is 0 Å². The first-order valence-corrected chi connectivity index (χ1v) is 13.4. The number of sulfone groups is 1. The van der Waals surface area contributed by atoms with Crippen molar-refractivity contribution in [1.82, 2.24) is 9.97 Å². The van der Waals surface area contributed by atoms with Crippen molar-refractivity contribution in [1.29, 1.82) is 0 Å². The maximum atomic E-state index is 12.8. The largest absolute Gasteiger partial charge is 0.382 e. The van der Waals surface area contributed by atoms with Gasteiger partial charge in [0.2, 0.25) is 0 Å². The number of anilines is 1. The maximum absolute atomic E-state index is 12.8. The second-order valence-corrected chi connectivity index (χ2v) is 11.7. The van der Waals surface area contributed by atoms with E-state index in [0.717, 1.165) is 11.1 Å². The van der Waals surface area contributed by atoms with Gasteiger partial charge < -0.3 is 15.2 Å². The van der Waals surface area contributed by atoms with Crippen molar-refractivity contribution in [2.45, 2.75) is 25.2 Å². The molecule has 0 fully saturated rings. The first-order valence-electron chi connectivity index (χ1n) is 10.0. The fraction of sp³-hybridized carbons (Fsp3) is 0.227. The van der Waals surface area contributed by atoms with Crippen LogP contribution in [0.15, 0.2) is 59.6 Å². The van der Waals surface area contributed by atoms with Crippen LogP contribution in [0.1, 0.15) is 28.5 Å². The van der Waals surface area contributed by atoms with Crippen LogP contribution in [0.25, 0.3) is 11.3 Å². The highest BCUT2D eigenvalue weighted by atomic mass is 32.2. The van der Waals surface area contributed by atoms with E-state index < -0.39 is 22.9 Å². The molecule has 0 aliphatic heterocycles. The fourth-order valence-electron chi connectivity index (χ4n) is 3.08. The normalized spacial score (nSPS) is 13.4. The van der Waals surface area contributed by atoms with E-state index in [0.29, 0.717) is 11.3 Å². The van der Waals surface area contributed by atoms with Crippen LogP contribution in [0.3, 0.4) is 0 Å². The highest BCUT2D eigenvalue weighted by Gasteiger charge is 2.29. The van der Waals surface area contributed by atoms with E-state index in [1.165, 1.54) is 37.4 Å². The molecule has 33 heavy (non-hydrogen) atoms. The molecule has 3 rings (SSSR count). The number of nitrogens with two attached hydrogens (primary N) is 1. The summed E-state index contributed by atoms with van der Waals surface area (Å²) in [5.41, 5.74) is 7.80. The van der Waals surface area contributed by atoms with Crippen LogP contribution in [0.4, 0.5) is 5.82 Å². The SMILES string of the molecule is CCOP(=O)(O)CS(=O)(=O)c1ccc(CC(=O)c2nc(-c3ccc(C)cc3)cnc2N)cc1. The average Bonchev–Trinajstić information content (AvgIpc) is 2.74. The molecule has 1 heterocycles. The minimum Gasteiger partial charge on any atom is -0.382 e. The molecule has 0 amide bonds. The molecule has 2 aromatic carbocycles. The standard InChI is InChI=1S/C22H24N3O6PS/c1-3-31-32(27,28)14-33(29,30)18-10-6-16(7-11-18)12-20(26)21-22(23)24-13-19(25-21)17-8-4-15(2)5-9-17/h4-11,13H,3,12,14H2,1-2H3,(H2,23,24)(H,27,28). The summed E-state index contributed by atoms with van der Waals surface area (Å²) in [7, 11) is -8.31. The predicted octanol–water partition coefficient (Wildman–Crippen LogP) is 3.41. The lowest BCUT2D eigenvalue weighted by atomic mass is 10.1. The molecule has 3 N–H and O–H groups in total. The summed E-state index contributed by atoms with van der Waals surface area (Å²) in [6.07, 6.45) is 1.42. The molecular weight excluding hydrogens is 465 g/mol. The van der Waals surface area contributed by atoms with E-state index in [1.807, 2.05) is 31.2 Å². The van der Waals surface area contributed by atoms with Gasteiger partial charge in [0, 0.05) is 12.0 Å². The van der Waals surface area contributed by atoms with Gasteiger partial charge in [-0.3, -0.25) is 9.36 Å². The smallest absolute Gasteiger partial charge is 0.343 e. The Bertz CT molecular complexity index is 1310. The van der Waals surface area contributed by atoms with Crippen LogP contribution in [0.2, 0.25) is 0 Å². The van der Waals surface area contributed by atoms with E-state index in [4.69, 9.17) is 5.73 Å². The number of carbonyl (C=O) groups excluding carboxylic acids is 1. The Morgan fingerprint density at radius 2 is 1.76 bits per heavy atom. The van der Waals surface area contributed by atoms with Gasteiger partial charge in [-0.2, -0.15) is 0 Å². The average molecular weight is 489 g/mol. The maximum Gasteiger partial charge on any atom is 0.343 e. The van der Waals surface area contributed by atoms with Crippen molar-refractivity contribution in [3.8, 4) is 11.3 Å². The molecule has 9 nitrogen and oxygen atoms in total. The number of benzene rings is 2. The molecule has 0 aliphatic rings. The number of ketones is 1. The van der Waals surface area contributed by atoms with Crippen molar-refractivity contribution in [3.05, 3.63) is 71.5 Å². The number of nitrogens with zero attached hydrogens (tertiary/aromatic N) is 2. The third-order valence-electron chi connectivity index (χ3n) is 4.72. The lowest BCUT2D eigenvalue weighted by molar-refractivity contribution is 0.0989. The van der Waals surface area contributed by atoms with Gasteiger partial charge in [0.1, 0.15) is 5.69 Å². The monoisotopic (exact) mass is 489 g/mol. The van der Waals surface area contributed by atoms with Gasteiger partial charge in [0.15, 0.2) is 26.9 Å². The Hall–Kier alpha value is -2.91. The topological polar surface area (TPSA) is 150 Å². The van der Waals surface area contributed by atoms with Crippen molar-refractivity contribution in [3.63, 3.8) is 0 Å². The van der Waals surface area contributed by atoms with Gasteiger partial charge in [-0.05, 0) is 31.5 Å². The zero-order valence-electron chi connectivity index (χ0n) is 18.1. The van der Waals surface area contributed by atoms with Gasteiger partial charge in [0.05, 0.1) is 23.4 Å². The van der Waals surface area contributed by atoms with E-state index in [2.05, 4.69) is 14.5 Å². The molecule has 0 radical (unpaired) electrons. The third kappa shape index (κ3) is 6.33. The van der Waals surface area contributed by atoms with E-state index in [1.54, 1.807) is 0 Å². The Kier molecular flexibility index (Phi) is 7.44. The molecule has 1 aromatic heterocycles. The summed E-state index contributed by atoms with van der Waals surface area (Å²) >= 11 is 0. The van der Waals surface area contributed by atoms with Crippen LogP contribution in [0.5, 0.6) is 0 Å². The van der Waals surface area contributed by atoms with Crippen LogP contribution in [-0.2, 0) is 25.3 Å². The van der Waals surface area contributed by atoms with Crippen molar-refractivity contribution in [2.75, 3.05) is 17.8 Å². The molecule has 0 bridgehead atoms. The number of nitrogen functional groups attached to an aromatic ring is 1. The quantitative estimate of drug-likeness (QED) is 0.340. The summed E-state index contributed by atoms with van der Waals surface area (Å²) in [6.45, 7) is 3.38. The van der Waals surface area contributed by atoms with Gasteiger partial charge in [-0.25, -0.2) is 18.4 Å². The summed E-state index contributed by atoms with van der Waals surface area (Å²) < 4.78 is 41.3. The molecular formula is C22H24N3O6PS. The minimum absolute atomic E-state index is 0.00434. The van der Waals surface area contributed by atoms with Crippen LogP contribution in [0, 0.1) is 6.92 Å². The van der Waals surface area contributed by atoms with E-state index in [9.17, 15) is 22.7 Å². The summed E-state index contributed by atoms with van der Waals surface area (Å²) in [4.78, 5) is 30.8. The van der Waals surface area contributed by atoms with Crippen LogP contribution in [-0.4, -0.2) is 41.2 Å². The summed E-state index contributed by atoms with van der Waals surface area (Å²) in [6, 6.07) is 13.1. The van der Waals surface area contributed by atoms with Gasteiger partial charge >= 0.3 is 7.60 Å². The van der Waals surface area contributed by atoms with Crippen molar-refractivity contribution >= 4 is 29.0 Å². The number of carbonyl (C=O) groups is 1. The number of hydrogen-bond donors (Lipinski definition) is 2. The number of aryl methyl sites for hydroxylation is 1. The van der Waals surface area contributed by atoms with Gasteiger partial charge in [0.25, 0.3) is 0 Å². The highest BCUT2D eigenvalue weighted by Crippen LogP contribution is 2.44. The van der Waals surface area contributed by atoms with Gasteiger partial charge in [-0.15, -0.1) is 0 Å². The lowest BCUT2D eigenvalue weighted by Gasteiger charge is -2.11. The predicted molar refractivity (Wildman–Crippen MR) is 125 cm³/mol. The third-order valence-corrected chi connectivity index (χ3v) is 9.04.